The predicted octanol–water partition coefficient (Wildman–Crippen LogP) is 3.50. The van der Waals surface area contributed by atoms with Crippen molar-refractivity contribution in [2.75, 3.05) is 11.1 Å². The molecule has 2 rings (SSSR count). The number of phenols is 1. The van der Waals surface area contributed by atoms with Gasteiger partial charge in [-0.15, -0.1) is 0 Å². The maximum Gasteiger partial charge on any atom is 0.259 e. The number of hydrogen-bond donors (Lipinski definition) is 3. The molecule has 0 fully saturated rings. The number of nitrogens with two attached hydrogens (primary N) is 1. The quantitative estimate of drug-likeness (QED) is 0.741. The summed E-state index contributed by atoms with van der Waals surface area (Å²) >= 11 is 5.74. The fourth-order valence-corrected chi connectivity index (χ4v) is 2.10. The lowest BCUT2D eigenvalue weighted by Crippen LogP contribution is -2.14. The van der Waals surface area contributed by atoms with E-state index in [0.717, 1.165) is 11.1 Å². The molecule has 2 aromatic carbocycles. The number of nitrogens with one attached hydrogen (secondary N) is 1. The van der Waals surface area contributed by atoms with Gasteiger partial charge < -0.3 is 16.2 Å². The molecule has 0 atom stereocenters. The maximum absolute atomic E-state index is 12.2. The van der Waals surface area contributed by atoms with Gasteiger partial charge in [-0.2, -0.15) is 0 Å². The van der Waals surface area contributed by atoms with E-state index >= 15 is 0 Å². The number of carbonyl (C=O) groups is 1. The largest absolute Gasteiger partial charge is 0.507 e. The van der Waals surface area contributed by atoms with Gasteiger partial charge >= 0.3 is 0 Å². The van der Waals surface area contributed by atoms with Crippen molar-refractivity contribution < 1.29 is 9.90 Å². The van der Waals surface area contributed by atoms with Crippen LogP contribution in [0.25, 0.3) is 0 Å². The summed E-state index contributed by atoms with van der Waals surface area (Å²) in [5, 5.41) is 12.9. The lowest BCUT2D eigenvalue weighted by molar-refractivity contribution is 0.102. The Kier molecular flexibility index (Phi) is 3.86. The molecule has 0 aromatic heterocycles. The number of carbonyl (C=O) groups excluding carboxylic acids is 1. The zero-order valence-electron chi connectivity index (χ0n) is 11.2. The molecule has 0 saturated heterocycles. The van der Waals surface area contributed by atoms with Crippen LogP contribution in [0, 0.1) is 13.8 Å². The highest BCUT2D eigenvalue weighted by Gasteiger charge is 2.14. The number of aromatic hydroxyl groups is 1. The van der Waals surface area contributed by atoms with Crippen LogP contribution in [0.4, 0.5) is 11.4 Å². The Balaban J connectivity index is 2.35. The third kappa shape index (κ3) is 2.70. The highest BCUT2D eigenvalue weighted by Crippen LogP contribution is 2.27. The van der Waals surface area contributed by atoms with E-state index < -0.39 is 5.91 Å². The Bertz CT molecular complexity index is 684. The molecule has 0 bridgehead atoms. The van der Waals surface area contributed by atoms with Crippen LogP contribution >= 0.6 is 11.6 Å². The van der Waals surface area contributed by atoms with Crippen molar-refractivity contribution in [2.45, 2.75) is 13.8 Å². The summed E-state index contributed by atoms with van der Waals surface area (Å²) in [5.41, 5.74) is 8.96. The summed E-state index contributed by atoms with van der Waals surface area (Å²) in [5.74, 6) is -0.565. The third-order valence-electron chi connectivity index (χ3n) is 3.16. The molecule has 0 aliphatic rings. The first-order valence-electron chi connectivity index (χ1n) is 6.05. The number of hydrogen-bond acceptors (Lipinski definition) is 3. The Morgan fingerprint density at radius 3 is 2.60 bits per heavy atom. The van der Waals surface area contributed by atoms with E-state index in [-0.39, 0.29) is 11.3 Å². The number of amides is 1. The fraction of sp³-hybridized carbons (Fsp3) is 0.133. The van der Waals surface area contributed by atoms with Crippen LogP contribution in [0.5, 0.6) is 5.75 Å². The summed E-state index contributed by atoms with van der Waals surface area (Å²) in [7, 11) is 0. The minimum absolute atomic E-state index is 0.158. The van der Waals surface area contributed by atoms with Gasteiger partial charge in [0.25, 0.3) is 5.91 Å². The monoisotopic (exact) mass is 290 g/mol. The Morgan fingerprint density at radius 2 is 1.95 bits per heavy atom. The highest BCUT2D eigenvalue weighted by atomic mass is 35.5. The fourth-order valence-electron chi connectivity index (χ4n) is 1.93. The predicted molar refractivity (Wildman–Crippen MR) is 81.4 cm³/mol. The first-order valence-corrected chi connectivity index (χ1v) is 6.43. The van der Waals surface area contributed by atoms with Gasteiger partial charge in [0, 0.05) is 16.4 Å². The first-order chi connectivity index (χ1) is 9.40. The Hall–Kier alpha value is -2.20. The molecule has 0 saturated carbocycles. The van der Waals surface area contributed by atoms with Crippen LogP contribution in [0.2, 0.25) is 5.02 Å². The lowest BCUT2D eigenvalue weighted by atomic mass is 10.1. The number of phenolic OH excluding ortho intramolecular Hbond substituents is 1. The molecule has 0 aliphatic carbocycles. The third-order valence-corrected chi connectivity index (χ3v) is 3.39. The minimum atomic E-state index is -0.407. The van der Waals surface area contributed by atoms with E-state index in [1.165, 1.54) is 12.1 Å². The summed E-state index contributed by atoms with van der Waals surface area (Å²) in [6.45, 7) is 3.71. The summed E-state index contributed by atoms with van der Waals surface area (Å²) in [4.78, 5) is 12.2. The van der Waals surface area contributed by atoms with Crippen molar-refractivity contribution in [1.82, 2.24) is 0 Å². The zero-order valence-corrected chi connectivity index (χ0v) is 12.0. The van der Waals surface area contributed by atoms with Crippen LogP contribution in [-0.2, 0) is 0 Å². The van der Waals surface area contributed by atoms with E-state index in [1.807, 2.05) is 19.9 Å². The van der Waals surface area contributed by atoms with E-state index in [4.69, 9.17) is 17.3 Å². The molecule has 5 heteroatoms. The second-order valence-electron chi connectivity index (χ2n) is 4.59. The highest BCUT2D eigenvalue weighted by molar-refractivity contribution is 6.31. The molecule has 0 heterocycles. The first kappa shape index (κ1) is 14.2. The lowest BCUT2D eigenvalue weighted by Gasteiger charge is -2.14. The number of benzene rings is 2. The van der Waals surface area contributed by atoms with Gasteiger partial charge in [-0.1, -0.05) is 17.7 Å². The van der Waals surface area contributed by atoms with E-state index in [9.17, 15) is 9.90 Å². The van der Waals surface area contributed by atoms with Crippen LogP contribution in [-0.4, -0.2) is 11.0 Å². The van der Waals surface area contributed by atoms with E-state index in [1.54, 1.807) is 12.1 Å². The molecule has 0 unspecified atom stereocenters. The SMILES string of the molecule is Cc1ccc(N)c(C)c1NC(=O)c1ccc(Cl)cc1O. The second-order valence-corrected chi connectivity index (χ2v) is 5.02. The average Bonchev–Trinajstić information content (AvgIpc) is 2.39. The Labute approximate surface area is 122 Å². The van der Waals surface area contributed by atoms with Crippen LogP contribution < -0.4 is 11.1 Å². The van der Waals surface area contributed by atoms with Gasteiger partial charge in [0.2, 0.25) is 0 Å². The zero-order chi connectivity index (χ0) is 14.9. The standard InChI is InChI=1S/C15H15ClN2O2/c1-8-3-6-12(17)9(2)14(8)18-15(20)11-5-4-10(16)7-13(11)19/h3-7,19H,17H2,1-2H3,(H,18,20). The van der Waals surface area contributed by atoms with Gasteiger partial charge in [0.05, 0.1) is 5.56 Å². The van der Waals surface area contributed by atoms with Crippen LogP contribution in [0.15, 0.2) is 30.3 Å². The number of anilines is 2. The molecule has 1 amide bonds. The summed E-state index contributed by atoms with van der Waals surface area (Å²) in [6, 6.07) is 7.98. The average molecular weight is 291 g/mol. The van der Waals surface area contributed by atoms with E-state index in [2.05, 4.69) is 5.32 Å². The molecule has 4 N–H and O–H groups in total. The molecule has 4 nitrogen and oxygen atoms in total. The normalized spacial score (nSPS) is 10.3. The topological polar surface area (TPSA) is 75.3 Å². The molecular weight excluding hydrogens is 276 g/mol. The van der Waals surface area contributed by atoms with Gasteiger partial charge in [0.1, 0.15) is 5.75 Å². The van der Waals surface area contributed by atoms with Crippen molar-refractivity contribution in [2.24, 2.45) is 0 Å². The summed E-state index contributed by atoms with van der Waals surface area (Å²) in [6.07, 6.45) is 0. The van der Waals surface area contributed by atoms with Gasteiger partial charge in [-0.25, -0.2) is 0 Å². The van der Waals surface area contributed by atoms with Crippen molar-refractivity contribution in [3.63, 3.8) is 0 Å². The molecule has 0 aliphatic heterocycles. The molecule has 0 radical (unpaired) electrons. The van der Waals surface area contributed by atoms with Crippen molar-refractivity contribution in [3.05, 3.63) is 52.0 Å². The Morgan fingerprint density at radius 1 is 1.25 bits per heavy atom. The number of halogens is 1. The van der Waals surface area contributed by atoms with E-state index in [0.29, 0.717) is 16.4 Å². The second kappa shape index (κ2) is 5.43. The maximum atomic E-state index is 12.2. The summed E-state index contributed by atoms with van der Waals surface area (Å²) < 4.78 is 0. The smallest absolute Gasteiger partial charge is 0.259 e. The van der Waals surface area contributed by atoms with Crippen molar-refractivity contribution in [1.29, 1.82) is 0 Å². The molecule has 0 spiro atoms. The molecule has 20 heavy (non-hydrogen) atoms. The van der Waals surface area contributed by atoms with Gasteiger partial charge in [-0.05, 0) is 49.2 Å². The minimum Gasteiger partial charge on any atom is -0.507 e. The van der Waals surface area contributed by atoms with Gasteiger partial charge in [0.15, 0.2) is 0 Å². The van der Waals surface area contributed by atoms with Crippen LogP contribution in [0.1, 0.15) is 21.5 Å². The molecular formula is C15H15ClN2O2. The number of nitrogen functional groups attached to an aromatic ring is 1. The van der Waals surface area contributed by atoms with Crippen molar-refractivity contribution >= 4 is 28.9 Å². The number of aryl methyl sites for hydroxylation is 1. The van der Waals surface area contributed by atoms with Crippen LogP contribution in [0.3, 0.4) is 0 Å². The van der Waals surface area contributed by atoms with Crippen molar-refractivity contribution in [3.8, 4) is 5.75 Å². The molecule has 2 aromatic rings. The van der Waals surface area contributed by atoms with Gasteiger partial charge in [-0.3, -0.25) is 4.79 Å². The molecule has 104 valence electrons. The number of rotatable bonds is 2.